The van der Waals surface area contributed by atoms with Crippen molar-refractivity contribution in [2.45, 2.75) is 51.4 Å². The van der Waals surface area contributed by atoms with E-state index in [0.717, 1.165) is 0 Å². The summed E-state index contributed by atoms with van der Waals surface area (Å²) >= 11 is 0. The molecule has 2 N–H and O–H groups in total. The molecule has 21 heavy (non-hydrogen) atoms. The summed E-state index contributed by atoms with van der Waals surface area (Å²) in [6.45, 7) is 10.9. The Bertz CT molecular complexity index is 491. The highest BCUT2D eigenvalue weighted by atomic mass is 28.4. The van der Waals surface area contributed by atoms with Gasteiger partial charge >= 0.3 is 5.97 Å². The number of rotatable bonds is 6. The summed E-state index contributed by atoms with van der Waals surface area (Å²) < 4.78 is 5.97. The second kappa shape index (κ2) is 6.73. The fraction of sp³-hybridized carbons (Fsp3) is 0.562. The monoisotopic (exact) mass is 310 g/mol. The van der Waals surface area contributed by atoms with E-state index in [1.807, 2.05) is 0 Å². The summed E-state index contributed by atoms with van der Waals surface area (Å²) in [6.07, 6.45) is -0.406. The van der Waals surface area contributed by atoms with Crippen LogP contribution in [0, 0.1) is 0 Å². The molecule has 1 aromatic carbocycles. The molecule has 0 saturated heterocycles. The Balaban J connectivity index is 2.67. The molecule has 0 aliphatic carbocycles. The van der Waals surface area contributed by atoms with Gasteiger partial charge in [0.2, 0.25) is 0 Å². The average Bonchev–Trinajstić information content (AvgIpc) is 2.35. The molecule has 1 aromatic rings. The van der Waals surface area contributed by atoms with Gasteiger partial charge in [0.05, 0.1) is 18.3 Å². The van der Waals surface area contributed by atoms with Gasteiger partial charge in [-0.3, -0.25) is 0 Å². The van der Waals surface area contributed by atoms with Crippen molar-refractivity contribution in [3.05, 3.63) is 35.4 Å². The summed E-state index contributed by atoms with van der Waals surface area (Å²) in [5.41, 5.74) is 0.875. The van der Waals surface area contributed by atoms with Crippen molar-refractivity contribution < 1.29 is 19.4 Å². The molecule has 0 radical (unpaired) electrons. The Labute approximate surface area is 127 Å². The minimum atomic E-state index is -1.90. The average molecular weight is 310 g/mol. The van der Waals surface area contributed by atoms with Gasteiger partial charge in [-0.2, -0.15) is 0 Å². The van der Waals surface area contributed by atoms with Crippen molar-refractivity contribution in [3.8, 4) is 0 Å². The third-order valence-corrected chi connectivity index (χ3v) is 8.65. The first-order valence-corrected chi connectivity index (χ1v) is 10.1. The van der Waals surface area contributed by atoms with Gasteiger partial charge in [-0.25, -0.2) is 4.79 Å². The van der Waals surface area contributed by atoms with Crippen molar-refractivity contribution in [2.24, 2.45) is 0 Å². The zero-order valence-corrected chi connectivity index (χ0v) is 14.5. The molecule has 0 fully saturated rings. The third kappa shape index (κ3) is 4.95. The quantitative estimate of drug-likeness (QED) is 0.791. The third-order valence-electron chi connectivity index (χ3n) is 4.15. The lowest BCUT2D eigenvalue weighted by atomic mass is 10.0. The zero-order chi connectivity index (χ0) is 16.3. The smallest absolute Gasteiger partial charge is 0.335 e. The van der Waals surface area contributed by atoms with E-state index in [9.17, 15) is 9.90 Å². The van der Waals surface area contributed by atoms with Crippen LogP contribution in [-0.4, -0.2) is 37.2 Å². The van der Waals surface area contributed by atoms with E-state index in [2.05, 4.69) is 33.9 Å². The molecule has 0 aromatic heterocycles. The van der Waals surface area contributed by atoms with Gasteiger partial charge in [-0.15, -0.1) is 0 Å². The number of carboxylic acid groups (broad SMARTS) is 1. The molecule has 0 saturated carbocycles. The normalized spacial score (nSPS) is 14.0. The number of benzene rings is 1. The van der Waals surface area contributed by atoms with E-state index >= 15 is 0 Å². The van der Waals surface area contributed by atoms with Crippen molar-refractivity contribution in [3.63, 3.8) is 0 Å². The van der Waals surface area contributed by atoms with Crippen LogP contribution in [0.1, 0.15) is 36.7 Å². The molecule has 4 nitrogen and oxygen atoms in total. The molecule has 118 valence electrons. The van der Waals surface area contributed by atoms with Crippen LogP contribution in [0.3, 0.4) is 0 Å². The highest BCUT2D eigenvalue weighted by Crippen LogP contribution is 2.36. The van der Waals surface area contributed by atoms with Gasteiger partial charge in [0.25, 0.3) is 0 Å². The molecule has 0 heterocycles. The molecule has 5 heteroatoms. The van der Waals surface area contributed by atoms with Crippen LogP contribution in [0.25, 0.3) is 0 Å². The van der Waals surface area contributed by atoms with Crippen LogP contribution in [0.5, 0.6) is 0 Å². The molecule has 0 aliphatic rings. The number of aliphatic hydroxyl groups excluding tert-OH is 1. The van der Waals surface area contributed by atoms with Crippen LogP contribution in [0.2, 0.25) is 18.1 Å². The molecule has 1 rings (SSSR count). The van der Waals surface area contributed by atoms with E-state index in [-0.39, 0.29) is 23.6 Å². The highest BCUT2D eigenvalue weighted by Gasteiger charge is 2.37. The van der Waals surface area contributed by atoms with Crippen molar-refractivity contribution in [2.75, 3.05) is 6.61 Å². The zero-order valence-electron chi connectivity index (χ0n) is 13.5. The maximum Gasteiger partial charge on any atom is 0.335 e. The minimum Gasteiger partial charge on any atom is -0.478 e. The fourth-order valence-corrected chi connectivity index (χ4v) is 2.78. The molecule has 0 spiro atoms. The van der Waals surface area contributed by atoms with Crippen LogP contribution >= 0.6 is 0 Å². The van der Waals surface area contributed by atoms with Crippen LogP contribution < -0.4 is 0 Å². The van der Waals surface area contributed by atoms with Gasteiger partial charge in [-0.05, 0) is 29.8 Å². The first-order chi connectivity index (χ1) is 9.54. The van der Waals surface area contributed by atoms with Gasteiger partial charge in [0.15, 0.2) is 8.32 Å². The molecule has 0 aliphatic heterocycles. The molecule has 0 amide bonds. The first kappa shape index (κ1) is 17.9. The topological polar surface area (TPSA) is 66.8 Å². The number of hydrogen-bond acceptors (Lipinski definition) is 3. The van der Waals surface area contributed by atoms with Crippen molar-refractivity contribution >= 4 is 14.3 Å². The van der Waals surface area contributed by atoms with Crippen LogP contribution in [0.15, 0.2) is 24.3 Å². The minimum absolute atomic E-state index is 0.0890. The van der Waals surface area contributed by atoms with Crippen LogP contribution in [0.4, 0.5) is 0 Å². The van der Waals surface area contributed by atoms with Crippen LogP contribution in [-0.2, 0) is 10.8 Å². The van der Waals surface area contributed by atoms with E-state index in [4.69, 9.17) is 9.53 Å². The van der Waals surface area contributed by atoms with Crippen molar-refractivity contribution in [1.29, 1.82) is 0 Å². The summed E-state index contributed by atoms with van der Waals surface area (Å²) in [4.78, 5) is 11.1. The van der Waals surface area contributed by atoms with Gasteiger partial charge in [0, 0.05) is 6.42 Å². The number of carboxylic acids is 1. The number of aromatic carboxylic acids is 1. The molecular formula is C16H26O4Si. The number of hydrogen-bond donors (Lipinski definition) is 2. The Kier molecular flexibility index (Phi) is 5.73. The largest absolute Gasteiger partial charge is 0.478 e. The maximum absolute atomic E-state index is 11.1. The summed E-state index contributed by atoms with van der Waals surface area (Å²) in [7, 11) is -1.90. The molecular weight excluding hydrogens is 284 g/mol. The van der Waals surface area contributed by atoms with Gasteiger partial charge in [0.1, 0.15) is 0 Å². The number of carbonyl (C=O) groups is 1. The Hall–Kier alpha value is -1.17. The lowest BCUT2D eigenvalue weighted by molar-refractivity contribution is 0.0692. The van der Waals surface area contributed by atoms with E-state index in [1.54, 1.807) is 24.3 Å². The Morgan fingerprint density at radius 1 is 1.29 bits per heavy atom. The first-order valence-electron chi connectivity index (χ1n) is 7.18. The molecule has 1 unspecified atom stereocenters. The predicted octanol–water partition coefficient (Wildman–Crippen LogP) is 3.31. The highest BCUT2D eigenvalue weighted by molar-refractivity contribution is 6.74. The Morgan fingerprint density at radius 2 is 1.86 bits per heavy atom. The second-order valence-electron chi connectivity index (χ2n) is 6.89. The molecule has 0 bridgehead atoms. The lowest BCUT2D eigenvalue weighted by Gasteiger charge is -2.36. The van der Waals surface area contributed by atoms with E-state index in [1.165, 1.54) is 0 Å². The summed E-state index contributed by atoms with van der Waals surface area (Å²) in [5.74, 6) is -0.969. The number of aliphatic hydroxyl groups is 1. The summed E-state index contributed by atoms with van der Waals surface area (Å²) in [6, 6.07) is 6.76. The SMILES string of the molecule is CC(C)(C)[Si](C)(C)OCC(O)Cc1ccccc1C(=O)O. The van der Waals surface area contributed by atoms with Gasteiger partial charge < -0.3 is 14.6 Å². The lowest BCUT2D eigenvalue weighted by Crippen LogP contribution is -2.42. The van der Waals surface area contributed by atoms with E-state index < -0.39 is 20.4 Å². The van der Waals surface area contributed by atoms with Gasteiger partial charge in [-0.1, -0.05) is 39.0 Å². The maximum atomic E-state index is 11.1. The van der Waals surface area contributed by atoms with E-state index in [0.29, 0.717) is 5.56 Å². The second-order valence-corrected chi connectivity index (χ2v) is 11.7. The standard InChI is InChI=1S/C16H26O4Si/c1-16(2,3)21(4,5)20-11-13(17)10-12-8-6-7-9-14(12)15(18)19/h6-9,13,17H,10-11H2,1-5H3,(H,18,19). The Morgan fingerprint density at radius 3 is 2.38 bits per heavy atom. The molecule has 1 atom stereocenters. The summed E-state index contributed by atoms with van der Waals surface area (Å²) in [5, 5.41) is 19.4. The fourth-order valence-electron chi connectivity index (χ4n) is 1.74. The van der Waals surface area contributed by atoms with Crippen molar-refractivity contribution in [1.82, 2.24) is 0 Å². The predicted molar refractivity (Wildman–Crippen MR) is 86.3 cm³/mol.